The highest BCUT2D eigenvalue weighted by molar-refractivity contribution is 5.93. The summed E-state index contributed by atoms with van der Waals surface area (Å²) in [5.41, 5.74) is 5.57. The first-order valence-electron chi connectivity index (χ1n) is 11.4. The minimum Gasteiger partial charge on any atom is -0.492 e. The van der Waals surface area contributed by atoms with Gasteiger partial charge in [0.2, 0.25) is 0 Å². The summed E-state index contributed by atoms with van der Waals surface area (Å²) in [6, 6.07) is 12.6. The largest absolute Gasteiger partial charge is 0.492 e. The molecule has 34 heavy (non-hydrogen) atoms. The Morgan fingerprint density at radius 1 is 1.06 bits per heavy atom. The van der Waals surface area contributed by atoms with Crippen LogP contribution in [0.4, 0.5) is 4.39 Å². The van der Waals surface area contributed by atoms with E-state index in [1.54, 1.807) is 12.4 Å². The Balaban J connectivity index is 1.29. The van der Waals surface area contributed by atoms with Crippen LogP contribution < -0.4 is 4.74 Å². The van der Waals surface area contributed by atoms with E-state index in [1.807, 2.05) is 30.3 Å². The number of halogens is 1. The second-order valence-corrected chi connectivity index (χ2v) is 8.51. The van der Waals surface area contributed by atoms with Crippen LogP contribution in [0.2, 0.25) is 0 Å². The Kier molecular flexibility index (Phi) is 5.31. The number of para-hydroxylation sites is 1. The van der Waals surface area contributed by atoms with E-state index in [0.717, 1.165) is 58.7 Å². The number of likely N-dealkylation sites (tertiary alicyclic amines) is 1. The molecule has 0 amide bonds. The van der Waals surface area contributed by atoms with Crippen LogP contribution in [-0.4, -0.2) is 61.5 Å². The zero-order valence-corrected chi connectivity index (χ0v) is 18.5. The zero-order chi connectivity index (χ0) is 22.9. The van der Waals surface area contributed by atoms with Gasteiger partial charge in [0.15, 0.2) is 5.82 Å². The minimum absolute atomic E-state index is 0.334. The summed E-state index contributed by atoms with van der Waals surface area (Å²) in [7, 11) is 0. The number of imidazole rings is 1. The number of rotatable bonds is 7. The molecule has 4 heterocycles. The van der Waals surface area contributed by atoms with Gasteiger partial charge < -0.3 is 9.72 Å². The average molecular weight is 458 g/mol. The fourth-order valence-electron chi connectivity index (χ4n) is 4.47. The van der Waals surface area contributed by atoms with Gasteiger partial charge in [0.25, 0.3) is 0 Å². The van der Waals surface area contributed by atoms with Crippen LogP contribution >= 0.6 is 0 Å². The number of aromatic amines is 3. The fourth-order valence-corrected chi connectivity index (χ4v) is 4.47. The molecular weight excluding hydrogens is 433 g/mol. The lowest BCUT2D eigenvalue weighted by Gasteiger charge is -2.15. The lowest BCUT2D eigenvalue weighted by molar-refractivity contribution is 0.237. The van der Waals surface area contributed by atoms with Crippen molar-refractivity contribution in [3.63, 3.8) is 0 Å². The van der Waals surface area contributed by atoms with Crippen LogP contribution in [-0.2, 0) is 0 Å². The van der Waals surface area contributed by atoms with Crippen molar-refractivity contribution in [3.05, 3.63) is 60.7 Å². The lowest BCUT2D eigenvalue weighted by Crippen LogP contribution is -2.25. The quantitative estimate of drug-likeness (QED) is 0.331. The second-order valence-electron chi connectivity index (χ2n) is 8.51. The molecule has 0 radical (unpaired) electrons. The summed E-state index contributed by atoms with van der Waals surface area (Å²) in [6.07, 6.45) is 5.98. The molecule has 1 aliphatic heterocycles. The predicted octanol–water partition coefficient (Wildman–Crippen LogP) is 4.62. The van der Waals surface area contributed by atoms with E-state index in [2.05, 4.69) is 30.3 Å². The molecule has 172 valence electrons. The molecule has 3 aromatic heterocycles. The molecule has 3 N–H and O–H groups in total. The number of nitrogens with one attached hydrogen (secondary N) is 3. The van der Waals surface area contributed by atoms with Gasteiger partial charge in [0.1, 0.15) is 23.9 Å². The maximum Gasteiger partial charge on any atom is 0.156 e. The van der Waals surface area contributed by atoms with Crippen molar-refractivity contribution < 1.29 is 9.13 Å². The van der Waals surface area contributed by atoms with E-state index < -0.39 is 0 Å². The number of hydrogen-bond acceptors (Lipinski definition) is 5. The number of benzene rings is 2. The van der Waals surface area contributed by atoms with E-state index in [-0.39, 0.29) is 5.82 Å². The number of fused-ring (bicyclic) bond motifs is 1. The van der Waals surface area contributed by atoms with Crippen molar-refractivity contribution in [1.82, 2.24) is 35.3 Å². The first kappa shape index (κ1) is 20.6. The molecule has 0 bridgehead atoms. The Hall–Kier alpha value is -3.98. The molecule has 1 saturated heterocycles. The number of nitrogens with zero attached hydrogens (tertiary/aromatic N) is 4. The van der Waals surface area contributed by atoms with Crippen molar-refractivity contribution in [3.8, 4) is 39.7 Å². The molecule has 0 spiro atoms. The van der Waals surface area contributed by atoms with Gasteiger partial charge in [-0.25, -0.2) is 9.37 Å². The Labute approximate surface area is 195 Å². The standard InChI is InChI=1S/C25H24FN7O/c26-18-10-16(11-19(12-18)34-9-8-33-6-1-2-7-33)20-4-3-5-21-24(20)30-25(29-21)23-13-22(31-32-23)17-14-27-28-15-17/h3-5,10-15H,1-2,6-9H2,(H,27,28)(H,29,30)(H,31,32). The third kappa shape index (κ3) is 4.06. The second kappa shape index (κ2) is 8.75. The highest BCUT2D eigenvalue weighted by Crippen LogP contribution is 2.32. The predicted molar refractivity (Wildman–Crippen MR) is 128 cm³/mol. The molecule has 0 atom stereocenters. The number of aromatic nitrogens is 6. The van der Waals surface area contributed by atoms with Crippen molar-refractivity contribution in [2.75, 3.05) is 26.2 Å². The Bertz CT molecular complexity index is 1420. The highest BCUT2D eigenvalue weighted by Gasteiger charge is 2.15. The molecule has 6 rings (SSSR count). The molecule has 1 fully saturated rings. The van der Waals surface area contributed by atoms with E-state index in [1.165, 1.54) is 25.0 Å². The van der Waals surface area contributed by atoms with Gasteiger partial charge in [0, 0.05) is 29.9 Å². The van der Waals surface area contributed by atoms with Crippen LogP contribution in [0.25, 0.3) is 44.9 Å². The van der Waals surface area contributed by atoms with Crippen molar-refractivity contribution in [2.24, 2.45) is 0 Å². The molecule has 0 saturated carbocycles. The number of ether oxygens (including phenoxy) is 1. The van der Waals surface area contributed by atoms with Crippen LogP contribution in [0.15, 0.2) is 54.9 Å². The van der Waals surface area contributed by atoms with Gasteiger partial charge in [-0.2, -0.15) is 10.2 Å². The molecule has 2 aromatic carbocycles. The molecule has 5 aromatic rings. The van der Waals surface area contributed by atoms with Gasteiger partial charge in [-0.05, 0) is 55.8 Å². The Morgan fingerprint density at radius 2 is 1.97 bits per heavy atom. The minimum atomic E-state index is -0.334. The van der Waals surface area contributed by atoms with E-state index in [4.69, 9.17) is 9.72 Å². The van der Waals surface area contributed by atoms with E-state index >= 15 is 0 Å². The van der Waals surface area contributed by atoms with Crippen LogP contribution in [0, 0.1) is 5.82 Å². The normalized spacial score (nSPS) is 14.3. The summed E-state index contributed by atoms with van der Waals surface area (Å²) < 4.78 is 20.4. The monoisotopic (exact) mass is 457 g/mol. The average Bonchev–Trinajstić information content (AvgIpc) is 3.64. The molecular formula is C25H24FN7O. The van der Waals surface area contributed by atoms with Gasteiger partial charge in [-0.3, -0.25) is 15.1 Å². The third-order valence-electron chi connectivity index (χ3n) is 6.20. The van der Waals surface area contributed by atoms with Crippen molar-refractivity contribution in [2.45, 2.75) is 12.8 Å². The maximum absolute atomic E-state index is 14.5. The molecule has 0 aliphatic carbocycles. The molecule has 0 unspecified atom stereocenters. The van der Waals surface area contributed by atoms with Crippen LogP contribution in [0.5, 0.6) is 5.75 Å². The van der Waals surface area contributed by atoms with Crippen molar-refractivity contribution in [1.29, 1.82) is 0 Å². The smallest absolute Gasteiger partial charge is 0.156 e. The molecule has 9 heteroatoms. The van der Waals surface area contributed by atoms with Crippen LogP contribution in [0.1, 0.15) is 12.8 Å². The van der Waals surface area contributed by atoms with Gasteiger partial charge in [-0.15, -0.1) is 0 Å². The summed E-state index contributed by atoms with van der Waals surface area (Å²) >= 11 is 0. The Morgan fingerprint density at radius 3 is 2.82 bits per heavy atom. The summed E-state index contributed by atoms with van der Waals surface area (Å²) in [4.78, 5) is 10.5. The van der Waals surface area contributed by atoms with Gasteiger partial charge in [0.05, 0.1) is 22.9 Å². The zero-order valence-electron chi connectivity index (χ0n) is 18.5. The topological polar surface area (TPSA) is 98.5 Å². The number of H-pyrrole nitrogens is 3. The van der Waals surface area contributed by atoms with Crippen LogP contribution in [0.3, 0.4) is 0 Å². The SMILES string of the molecule is Fc1cc(OCCN2CCCC2)cc(-c2cccc3[nH]c(-c4cc(-c5cn[nH]c5)n[nH]4)nc23)c1. The fraction of sp³-hybridized carbons (Fsp3) is 0.240. The van der Waals surface area contributed by atoms with E-state index in [0.29, 0.717) is 18.2 Å². The summed E-state index contributed by atoms with van der Waals surface area (Å²) in [5, 5.41) is 14.1. The van der Waals surface area contributed by atoms with E-state index in [9.17, 15) is 4.39 Å². The lowest BCUT2D eigenvalue weighted by atomic mass is 10.0. The number of hydrogen-bond donors (Lipinski definition) is 3. The molecule has 1 aliphatic rings. The van der Waals surface area contributed by atoms with Crippen molar-refractivity contribution >= 4 is 11.0 Å². The summed E-state index contributed by atoms with van der Waals surface area (Å²) in [5.74, 6) is 0.850. The highest BCUT2D eigenvalue weighted by atomic mass is 19.1. The first-order valence-corrected chi connectivity index (χ1v) is 11.4. The maximum atomic E-state index is 14.5. The summed E-state index contributed by atoms with van der Waals surface area (Å²) in [6.45, 7) is 3.62. The first-order chi connectivity index (χ1) is 16.7. The molecule has 8 nitrogen and oxygen atoms in total. The van der Waals surface area contributed by atoms with Gasteiger partial charge in [-0.1, -0.05) is 12.1 Å². The third-order valence-corrected chi connectivity index (χ3v) is 6.20. The van der Waals surface area contributed by atoms with Gasteiger partial charge >= 0.3 is 0 Å².